The second-order valence-electron chi connectivity index (χ2n) is 5.40. The maximum absolute atomic E-state index is 11.1. The van der Waals surface area contributed by atoms with Crippen molar-refractivity contribution >= 4 is 5.97 Å². The van der Waals surface area contributed by atoms with Gasteiger partial charge in [0.05, 0.1) is 0 Å². The summed E-state index contributed by atoms with van der Waals surface area (Å²) < 4.78 is 10.1. The molecule has 0 saturated carbocycles. The lowest BCUT2D eigenvalue weighted by Gasteiger charge is -2.12. The second kappa shape index (κ2) is 8.68. The lowest BCUT2D eigenvalue weighted by Crippen LogP contribution is -2.24. The Kier molecular flexibility index (Phi) is 5.86. The first-order valence-corrected chi connectivity index (χ1v) is 8.16. The van der Waals surface area contributed by atoms with Gasteiger partial charge < -0.3 is 14.6 Å². The van der Waals surface area contributed by atoms with E-state index in [0.717, 1.165) is 17.2 Å². The molecule has 7 nitrogen and oxygen atoms in total. The zero-order valence-electron chi connectivity index (χ0n) is 14.4. The molecular weight excluding hydrogens is 346 g/mol. The van der Waals surface area contributed by atoms with E-state index in [2.05, 4.69) is 26.3 Å². The highest BCUT2D eigenvalue weighted by atomic mass is 16.7. The maximum Gasteiger partial charge on any atom is 0.332 e. The van der Waals surface area contributed by atoms with E-state index in [1.165, 1.54) is 0 Å². The highest BCUT2D eigenvalue weighted by Gasteiger charge is 2.14. The minimum atomic E-state index is -1.47. The third-order valence-electron chi connectivity index (χ3n) is 3.45. The molecule has 0 spiro atoms. The highest BCUT2D eigenvalue weighted by Crippen LogP contribution is 2.22. The number of benzene rings is 2. The molecule has 1 unspecified atom stereocenters. The van der Waals surface area contributed by atoms with E-state index >= 15 is 0 Å². The van der Waals surface area contributed by atoms with Crippen LogP contribution in [0.25, 0.3) is 22.8 Å². The number of esters is 1. The van der Waals surface area contributed by atoms with Crippen LogP contribution in [0.4, 0.5) is 0 Å². The molecule has 1 atom stereocenters. The number of aromatic nitrogens is 3. The van der Waals surface area contributed by atoms with Crippen LogP contribution in [0, 0.1) is 0 Å². The van der Waals surface area contributed by atoms with Crippen molar-refractivity contribution in [3.8, 4) is 28.8 Å². The highest BCUT2D eigenvalue weighted by molar-refractivity contribution is 5.81. The number of hydrogen-bond acceptors (Lipinski definition) is 7. The number of nitrogens with zero attached hydrogens (tertiary/aromatic N) is 3. The predicted octanol–water partition coefficient (Wildman–Crippen LogP) is 2.63. The van der Waals surface area contributed by atoms with Crippen LogP contribution >= 0.6 is 0 Å². The monoisotopic (exact) mass is 363 g/mol. The van der Waals surface area contributed by atoms with Crippen molar-refractivity contribution in [3.63, 3.8) is 0 Å². The van der Waals surface area contributed by atoms with Crippen LogP contribution in [0.3, 0.4) is 0 Å². The van der Waals surface area contributed by atoms with Crippen LogP contribution < -0.4 is 4.74 Å². The molecule has 0 saturated heterocycles. The summed E-state index contributed by atoms with van der Waals surface area (Å²) in [5.74, 6) is 0.103. The third-order valence-corrected chi connectivity index (χ3v) is 3.45. The van der Waals surface area contributed by atoms with E-state index in [1.807, 2.05) is 60.7 Å². The lowest BCUT2D eigenvalue weighted by atomic mass is 10.2. The van der Waals surface area contributed by atoms with Crippen molar-refractivity contribution in [1.82, 2.24) is 15.0 Å². The third kappa shape index (κ3) is 4.96. The largest absolute Gasteiger partial charge is 0.457 e. The van der Waals surface area contributed by atoms with Gasteiger partial charge in [-0.1, -0.05) is 67.2 Å². The fourth-order valence-corrected chi connectivity index (χ4v) is 2.22. The zero-order chi connectivity index (χ0) is 19.1. The molecule has 7 heteroatoms. The maximum atomic E-state index is 11.1. The van der Waals surface area contributed by atoms with E-state index in [4.69, 9.17) is 4.74 Å². The molecule has 0 fully saturated rings. The molecule has 2 aromatic carbocycles. The summed E-state index contributed by atoms with van der Waals surface area (Å²) in [4.78, 5) is 24.2. The number of aliphatic hydroxyl groups is 1. The first-order chi connectivity index (χ1) is 13.2. The smallest absolute Gasteiger partial charge is 0.332 e. The van der Waals surface area contributed by atoms with Crippen LogP contribution in [0.5, 0.6) is 6.01 Å². The quantitative estimate of drug-likeness (QED) is 0.392. The van der Waals surface area contributed by atoms with Crippen LogP contribution in [0.15, 0.2) is 73.3 Å². The molecule has 1 N–H and O–H groups in total. The summed E-state index contributed by atoms with van der Waals surface area (Å²) in [6.45, 7) is 2.94. The van der Waals surface area contributed by atoms with Crippen molar-refractivity contribution in [3.05, 3.63) is 73.3 Å². The molecule has 0 aliphatic heterocycles. The van der Waals surface area contributed by atoms with Crippen LogP contribution in [0.1, 0.15) is 0 Å². The van der Waals surface area contributed by atoms with Gasteiger partial charge in [-0.3, -0.25) is 0 Å². The van der Waals surface area contributed by atoms with Gasteiger partial charge in [0.25, 0.3) is 0 Å². The molecule has 0 amide bonds. The van der Waals surface area contributed by atoms with Crippen LogP contribution in [-0.4, -0.2) is 38.9 Å². The van der Waals surface area contributed by atoms with Gasteiger partial charge in [-0.2, -0.15) is 9.97 Å². The summed E-state index contributed by atoms with van der Waals surface area (Å²) >= 11 is 0. The van der Waals surface area contributed by atoms with E-state index < -0.39 is 12.3 Å². The van der Waals surface area contributed by atoms with E-state index in [0.29, 0.717) is 11.6 Å². The van der Waals surface area contributed by atoms with Gasteiger partial charge in [0.15, 0.2) is 18.3 Å². The molecule has 1 aromatic heterocycles. The molecule has 0 bridgehead atoms. The predicted molar refractivity (Wildman–Crippen MR) is 98.5 cm³/mol. The number of hydrogen-bond donors (Lipinski definition) is 1. The van der Waals surface area contributed by atoms with Gasteiger partial charge in [-0.25, -0.2) is 9.78 Å². The Hall–Kier alpha value is -3.58. The summed E-state index contributed by atoms with van der Waals surface area (Å²) in [5.41, 5.74) is 1.58. The average molecular weight is 363 g/mol. The molecule has 1 heterocycles. The Morgan fingerprint density at radius 2 is 1.48 bits per heavy atom. The number of rotatable bonds is 7. The SMILES string of the molecule is C=CC(=O)OC(O)COc1nc(-c2ccccc2)nc(-c2ccccc2)n1. The van der Waals surface area contributed by atoms with Crippen molar-refractivity contribution in [2.45, 2.75) is 6.29 Å². The van der Waals surface area contributed by atoms with E-state index in [-0.39, 0.29) is 12.6 Å². The Morgan fingerprint density at radius 1 is 0.963 bits per heavy atom. The van der Waals surface area contributed by atoms with Gasteiger partial charge >= 0.3 is 12.0 Å². The topological polar surface area (TPSA) is 94.4 Å². The first kappa shape index (κ1) is 18.2. The fourth-order valence-electron chi connectivity index (χ4n) is 2.22. The van der Waals surface area contributed by atoms with Gasteiger partial charge in [0.1, 0.15) is 0 Å². The van der Waals surface area contributed by atoms with Gasteiger partial charge in [-0.15, -0.1) is 0 Å². The number of carbonyl (C=O) groups excluding carboxylic acids is 1. The molecule has 0 aliphatic carbocycles. The molecule has 0 aliphatic rings. The Labute approximate surface area is 156 Å². The minimum Gasteiger partial charge on any atom is -0.457 e. The Balaban J connectivity index is 1.88. The summed E-state index contributed by atoms with van der Waals surface area (Å²) in [6, 6.07) is 18.8. The minimum absolute atomic E-state index is 0.0106. The van der Waals surface area contributed by atoms with Gasteiger partial charge in [-0.05, 0) is 0 Å². The summed E-state index contributed by atoms with van der Waals surface area (Å²) in [6.07, 6.45) is -0.514. The number of carbonyl (C=O) groups is 1. The van der Waals surface area contributed by atoms with Crippen LogP contribution in [-0.2, 0) is 9.53 Å². The summed E-state index contributed by atoms with van der Waals surface area (Å²) in [5, 5.41) is 9.70. The van der Waals surface area contributed by atoms with Crippen molar-refractivity contribution in [1.29, 1.82) is 0 Å². The summed E-state index contributed by atoms with van der Waals surface area (Å²) in [7, 11) is 0. The fraction of sp³-hybridized carbons (Fsp3) is 0.100. The normalized spacial score (nSPS) is 11.4. The van der Waals surface area contributed by atoms with Gasteiger partial charge in [0.2, 0.25) is 6.29 Å². The number of aliphatic hydroxyl groups excluding tert-OH is 1. The van der Waals surface area contributed by atoms with E-state index in [9.17, 15) is 9.90 Å². The Morgan fingerprint density at radius 3 is 1.96 bits per heavy atom. The molecule has 136 valence electrons. The molecule has 0 radical (unpaired) electrons. The van der Waals surface area contributed by atoms with Gasteiger partial charge in [0, 0.05) is 17.2 Å². The van der Waals surface area contributed by atoms with Crippen LogP contribution in [0.2, 0.25) is 0 Å². The average Bonchev–Trinajstić information content (AvgIpc) is 2.73. The van der Waals surface area contributed by atoms with Crippen molar-refractivity contribution < 1.29 is 19.4 Å². The first-order valence-electron chi connectivity index (χ1n) is 8.16. The van der Waals surface area contributed by atoms with Crippen molar-refractivity contribution in [2.24, 2.45) is 0 Å². The molecular formula is C20H17N3O4. The van der Waals surface area contributed by atoms with Crippen molar-refractivity contribution in [2.75, 3.05) is 6.61 Å². The second-order valence-corrected chi connectivity index (χ2v) is 5.40. The molecule has 3 rings (SSSR count). The zero-order valence-corrected chi connectivity index (χ0v) is 14.4. The molecule has 3 aromatic rings. The Bertz CT molecular complexity index is 859. The van der Waals surface area contributed by atoms with E-state index in [1.54, 1.807) is 0 Å². The standard InChI is InChI=1S/C20H17N3O4/c1-2-16(24)27-17(25)13-26-20-22-18(14-9-5-3-6-10-14)21-19(23-20)15-11-7-4-8-12-15/h2-12,17,25H,1,13H2. The molecule has 27 heavy (non-hydrogen) atoms. The lowest BCUT2D eigenvalue weighted by molar-refractivity contribution is -0.166. The number of ether oxygens (including phenoxy) is 2.